The van der Waals surface area contributed by atoms with E-state index in [0.29, 0.717) is 44.7 Å². The smallest absolute Gasteiger partial charge is 0.217 e. The largest absolute Gasteiger partial charge is 0.392 e. The van der Waals surface area contributed by atoms with Gasteiger partial charge in [0.05, 0.1) is 32.5 Å². The normalized spacial score (nSPS) is 35.6. The zero-order valence-corrected chi connectivity index (χ0v) is 18.1. The van der Waals surface area contributed by atoms with Crippen molar-refractivity contribution in [3.8, 4) is 0 Å². The molecule has 30 heavy (non-hydrogen) atoms. The molecule has 4 fully saturated rings. The maximum atomic E-state index is 11.6. The van der Waals surface area contributed by atoms with E-state index in [1.54, 1.807) is 0 Å². The fraction of sp³-hybridized carbons (Fsp3) is 0.875. The summed E-state index contributed by atoms with van der Waals surface area (Å²) in [6, 6.07) is 0. The zero-order valence-electron chi connectivity index (χ0n) is 18.1. The number of hydrogen-bond donors (Lipinski definition) is 1. The lowest BCUT2D eigenvalue weighted by Crippen LogP contribution is -2.32. The van der Waals surface area contributed by atoms with Crippen molar-refractivity contribution >= 4 is 5.78 Å². The molecule has 2 saturated heterocycles. The summed E-state index contributed by atoms with van der Waals surface area (Å²) in [4.78, 5) is 11.6. The summed E-state index contributed by atoms with van der Waals surface area (Å²) in [6.07, 6.45) is 14.6. The molecule has 6 nitrogen and oxygen atoms in total. The number of ether oxygens (including phenoxy) is 4. The quantitative estimate of drug-likeness (QED) is 0.427. The number of ketones is 1. The highest BCUT2D eigenvalue weighted by Gasteiger charge is 2.55. The number of unbranched alkanes of at least 4 members (excludes halogenated alkanes) is 5. The molecule has 2 aliphatic heterocycles. The number of fused-ring (bicyclic) bond motifs is 1. The molecule has 1 spiro atoms. The summed E-state index contributed by atoms with van der Waals surface area (Å²) in [6.45, 7) is 2.65. The van der Waals surface area contributed by atoms with Gasteiger partial charge in [-0.3, -0.25) is 4.79 Å². The van der Waals surface area contributed by atoms with Crippen molar-refractivity contribution in [2.75, 3.05) is 26.4 Å². The Kier molecular flexibility index (Phi) is 7.98. The van der Waals surface area contributed by atoms with Crippen LogP contribution < -0.4 is 0 Å². The van der Waals surface area contributed by atoms with Crippen LogP contribution in [0.2, 0.25) is 0 Å². The predicted octanol–water partition coefficient (Wildman–Crippen LogP) is 3.76. The van der Waals surface area contributed by atoms with Crippen molar-refractivity contribution < 1.29 is 28.8 Å². The molecule has 4 aliphatic rings. The van der Waals surface area contributed by atoms with E-state index in [9.17, 15) is 9.90 Å². The lowest BCUT2D eigenvalue weighted by atomic mass is 9.90. The maximum absolute atomic E-state index is 11.6. The molecule has 0 amide bonds. The van der Waals surface area contributed by atoms with Crippen LogP contribution in [0.4, 0.5) is 0 Å². The molecule has 170 valence electrons. The first-order valence-corrected chi connectivity index (χ1v) is 12.1. The Bertz CT molecular complexity index is 584. The zero-order chi connectivity index (χ0) is 20.8. The topological polar surface area (TPSA) is 74.2 Å². The van der Waals surface area contributed by atoms with E-state index in [4.69, 9.17) is 18.9 Å². The fourth-order valence-corrected chi connectivity index (χ4v) is 5.75. The molecule has 2 aliphatic carbocycles. The van der Waals surface area contributed by atoms with Crippen molar-refractivity contribution in [3.63, 3.8) is 0 Å². The van der Waals surface area contributed by atoms with Crippen molar-refractivity contribution in [3.05, 3.63) is 12.2 Å². The van der Waals surface area contributed by atoms with Crippen LogP contribution in [0.3, 0.4) is 0 Å². The van der Waals surface area contributed by atoms with Crippen molar-refractivity contribution in [1.82, 2.24) is 0 Å². The summed E-state index contributed by atoms with van der Waals surface area (Å²) in [5.41, 5.74) is 0. The van der Waals surface area contributed by atoms with Crippen molar-refractivity contribution in [1.29, 1.82) is 0 Å². The van der Waals surface area contributed by atoms with Crippen LogP contribution >= 0.6 is 0 Å². The second kappa shape index (κ2) is 10.7. The molecule has 0 bridgehead atoms. The summed E-state index contributed by atoms with van der Waals surface area (Å²) in [7, 11) is 0. The van der Waals surface area contributed by atoms with Gasteiger partial charge in [0.25, 0.3) is 0 Å². The van der Waals surface area contributed by atoms with E-state index in [1.807, 2.05) is 0 Å². The first-order valence-electron chi connectivity index (χ1n) is 12.1. The van der Waals surface area contributed by atoms with E-state index in [0.717, 1.165) is 44.9 Å². The predicted molar refractivity (Wildman–Crippen MR) is 112 cm³/mol. The molecule has 0 aromatic heterocycles. The van der Waals surface area contributed by atoms with Crippen molar-refractivity contribution in [2.24, 2.45) is 17.8 Å². The molecule has 0 aromatic carbocycles. The van der Waals surface area contributed by atoms with Crippen LogP contribution in [0, 0.1) is 17.8 Å². The summed E-state index contributed by atoms with van der Waals surface area (Å²) < 4.78 is 22.7. The standard InChI is InChI=1S/C24H38O6/c25-21-10-8-12-28-23(21)27-11-7-5-3-1-2-4-6-9-19-20-17-24(29-13-14-30-24)16-18(20)15-22(19)26/h6,9,18-20,22-23,26H,1-5,7-8,10-17H2/t18-,19-,20-,22-,23?/m1/s1. The Morgan fingerprint density at radius 3 is 2.70 bits per heavy atom. The molecule has 1 unspecified atom stereocenters. The van der Waals surface area contributed by atoms with Gasteiger partial charge in [0.2, 0.25) is 6.29 Å². The SMILES string of the molecule is O=C1CCCOC1OCCCCCCCC=C[C@@H]1[C@@H]2CC3(C[C@H]2C[C@H]1O)OCCO3. The first kappa shape index (κ1) is 22.4. The molecular formula is C24H38O6. The molecule has 2 heterocycles. The van der Waals surface area contributed by atoms with E-state index >= 15 is 0 Å². The third kappa shape index (κ3) is 5.52. The van der Waals surface area contributed by atoms with E-state index in [-0.39, 0.29) is 23.6 Å². The second-order valence-electron chi connectivity index (χ2n) is 9.45. The Hall–Kier alpha value is -0.790. The van der Waals surface area contributed by atoms with E-state index < -0.39 is 6.29 Å². The van der Waals surface area contributed by atoms with Gasteiger partial charge in [-0.05, 0) is 43.9 Å². The van der Waals surface area contributed by atoms with Gasteiger partial charge in [0.1, 0.15) is 0 Å². The van der Waals surface area contributed by atoms with Crippen LogP contribution in [0.1, 0.15) is 70.6 Å². The number of aliphatic hydroxyl groups is 1. The summed E-state index contributed by atoms with van der Waals surface area (Å²) in [5.74, 6) is 1.02. The Labute approximate surface area is 180 Å². The lowest BCUT2D eigenvalue weighted by Gasteiger charge is -2.25. The van der Waals surface area contributed by atoms with Gasteiger partial charge in [-0.15, -0.1) is 0 Å². The van der Waals surface area contributed by atoms with E-state index in [1.165, 1.54) is 19.3 Å². The minimum atomic E-state index is -0.615. The Morgan fingerprint density at radius 1 is 1.07 bits per heavy atom. The molecule has 2 saturated carbocycles. The maximum Gasteiger partial charge on any atom is 0.217 e. The molecule has 1 N–H and O–H groups in total. The number of Topliss-reactive ketones (excluding diaryl/α,β-unsaturated/α-hetero) is 1. The molecule has 6 heteroatoms. The van der Waals surface area contributed by atoms with Gasteiger partial charge in [-0.2, -0.15) is 0 Å². The highest BCUT2D eigenvalue weighted by atomic mass is 16.7. The third-order valence-corrected chi connectivity index (χ3v) is 7.26. The van der Waals surface area contributed by atoms with Crippen LogP contribution in [-0.4, -0.2) is 55.5 Å². The van der Waals surface area contributed by atoms with Gasteiger partial charge >= 0.3 is 0 Å². The summed E-state index contributed by atoms with van der Waals surface area (Å²) in [5, 5.41) is 10.5. The highest BCUT2D eigenvalue weighted by molar-refractivity contribution is 5.82. The van der Waals surface area contributed by atoms with Crippen LogP contribution in [0.5, 0.6) is 0 Å². The fourth-order valence-electron chi connectivity index (χ4n) is 5.75. The number of carbonyl (C=O) groups is 1. The number of aliphatic hydroxyl groups excluding tert-OH is 1. The van der Waals surface area contributed by atoms with Gasteiger partial charge in [-0.1, -0.05) is 31.4 Å². The monoisotopic (exact) mass is 422 g/mol. The van der Waals surface area contributed by atoms with Gasteiger partial charge in [0.15, 0.2) is 11.6 Å². The molecular weight excluding hydrogens is 384 g/mol. The Balaban J connectivity index is 1.05. The van der Waals surface area contributed by atoms with Gasteiger partial charge in [0, 0.05) is 25.2 Å². The average molecular weight is 423 g/mol. The van der Waals surface area contributed by atoms with E-state index in [2.05, 4.69) is 12.2 Å². The first-order chi connectivity index (χ1) is 14.7. The molecule has 4 rings (SSSR count). The average Bonchev–Trinajstić information content (AvgIpc) is 3.41. The third-order valence-electron chi connectivity index (χ3n) is 7.26. The van der Waals surface area contributed by atoms with Gasteiger partial charge in [-0.25, -0.2) is 0 Å². The second-order valence-corrected chi connectivity index (χ2v) is 9.45. The number of carbonyl (C=O) groups excluding carboxylic acids is 1. The van der Waals surface area contributed by atoms with Crippen LogP contribution in [0.25, 0.3) is 0 Å². The molecule has 0 radical (unpaired) electrons. The lowest BCUT2D eigenvalue weighted by molar-refractivity contribution is -0.179. The summed E-state index contributed by atoms with van der Waals surface area (Å²) >= 11 is 0. The number of hydrogen-bond acceptors (Lipinski definition) is 6. The number of rotatable bonds is 10. The van der Waals surface area contributed by atoms with Crippen LogP contribution in [0.15, 0.2) is 12.2 Å². The number of allylic oxidation sites excluding steroid dienone is 1. The molecule has 5 atom stereocenters. The minimum Gasteiger partial charge on any atom is -0.392 e. The Morgan fingerprint density at radius 2 is 1.87 bits per heavy atom. The van der Waals surface area contributed by atoms with Crippen LogP contribution in [-0.2, 0) is 23.7 Å². The van der Waals surface area contributed by atoms with Gasteiger partial charge < -0.3 is 24.1 Å². The molecule has 0 aromatic rings. The van der Waals surface area contributed by atoms with Crippen molar-refractivity contribution in [2.45, 2.75) is 88.8 Å². The minimum absolute atomic E-state index is 0.0859. The highest BCUT2D eigenvalue weighted by Crippen LogP contribution is 2.54.